The molecular formula is C10H12BrClFN. The predicted octanol–water partition coefficient (Wildman–Crippen LogP) is 3.22. The quantitative estimate of drug-likeness (QED) is 0.769. The van der Waals surface area contributed by atoms with Gasteiger partial charge in [0.2, 0.25) is 0 Å². The van der Waals surface area contributed by atoms with Gasteiger partial charge < -0.3 is 5.32 Å². The third-order valence-electron chi connectivity index (χ3n) is 2.51. The summed E-state index contributed by atoms with van der Waals surface area (Å²) in [5.74, 6) is -0.0992. The van der Waals surface area contributed by atoms with Crippen molar-refractivity contribution in [2.75, 3.05) is 6.54 Å². The second-order valence-corrected chi connectivity index (χ2v) is 4.20. The first-order chi connectivity index (χ1) is 6.20. The molecule has 0 saturated heterocycles. The first-order valence-corrected chi connectivity index (χ1v) is 5.19. The molecule has 78 valence electrons. The number of hydrogen-bond donors (Lipinski definition) is 1. The number of fused-ring (bicyclic) bond motifs is 1. The molecule has 0 fully saturated rings. The van der Waals surface area contributed by atoms with Crippen molar-refractivity contribution in [3.8, 4) is 0 Å². The molecular weight excluding hydrogens is 268 g/mol. The Morgan fingerprint density at radius 1 is 1.50 bits per heavy atom. The Bertz CT molecular complexity index is 343. The largest absolute Gasteiger partial charge is 0.310 e. The molecule has 1 heterocycles. The van der Waals surface area contributed by atoms with Crippen LogP contribution in [0.3, 0.4) is 0 Å². The molecule has 14 heavy (non-hydrogen) atoms. The molecule has 1 atom stereocenters. The molecule has 0 aromatic heterocycles. The fraction of sp³-hybridized carbons (Fsp3) is 0.400. The molecule has 2 rings (SSSR count). The van der Waals surface area contributed by atoms with Crippen LogP contribution in [0.5, 0.6) is 0 Å². The fourth-order valence-corrected chi connectivity index (χ4v) is 2.39. The molecule has 1 aliphatic rings. The summed E-state index contributed by atoms with van der Waals surface area (Å²) < 4.78 is 14.5. The highest BCUT2D eigenvalue weighted by Gasteiger charge is 2.21. The van der Waals surface area contributed by atoms with Crippen LogP contribution in [-0.2, 0) is 6.42 Å². The number of benzene rings is 1. The lowest BCUT2D eigenvalue weighted by atomic mass is 9.95. The molecule has 0 spiro atoms. The number of rotatable bonds is 0. The van der Waals surface area contributed by atoms with Crippen LogP contribution in [0.15, 0.2) is 16.6 Å². The Morgan fingerprint density at radius 3 is 2.86 bits per heavy atom. The maximum absolute atomic E-state index is 13.4. The normalized spacial score (nSPS) is 19.8. The van der Waals surface area contributed by atoms with Gasteiger partial charge in [0.05, 0.1) is 0 Å². The van der Waals surface area contributed by atoms with Gasteiger partial charge in [0, 0.05) is 16.1 Å². The molecule has 0 saturated carbocycles. The molecule has 1 aromatic carbocycles. The van der Waals surface area contributed by atoms with Gasteiger partial charge in [-0.15, -0.1) is 12.4 Å². The van der Waals surface area contributed by atoms with E-state index in [-0.39, 0.29) is 24.3 Å². The minimum absolute atomic E-state index is 0. The lowest BCUT2D eigenvalue weighted by molar-refractivity contribution is 0.498. The van der Waals surface area contributed by atoms with E-state index in [1.807, 2.05) is 6.92 Å². The van der Waals surface area contributed by atoms with Gasteiger partial charge in [-0.25, -0.2) is 4.39 Å². The highest BCUT2D eigenvalue weighted by Crippen LogP contribution is 2.30. The molecule has 1 unspecified atom stereocenters. The molecule has 1 nitrogen and oxygen atoms in total. The molecule has 0 aliphatic carbocycles. The predicted molar refractivity (Wildman–Crippen MR) is 61.5 cm³/mol. The van der Waals surface area contributed by atoms with Crippen LogP contribution in [0.25, 0.3) is 0 Å². The SMILES string of the molecule is CC1NCCc2c(Br)ccc(F)c21.Cl. The van der Waals surface area contributed by atoms with Crippen LogP contribution in [0.4, 0.5) is 4.39 Å². The summed E-state index contributed by atoms with van der Waals surface area (Å²) in [4.78, 5) is 0. The van der Waals surface area contributed by atoms with Gasteiger partial charge >= 0.3 is 0 Å². The van der Waals surface area contributed by atoms with Crippen LogP contribution in [0, 0.1) is 5.82 Å². The Balaban J connectivity index is 0.000000980. The Morgan fingerprint density at radius 2 is 2.21 bits per heavy atom. The monoisotopic (exact) mass is 279 g/mol. The smallest absolute Gasteiger partial charge is 0.128 e. The van der Waals surface area contributed by atoms with Crippen molar-refractivity contribution in [2.24, 2.45) is 0 Å². The van der Waals surface area contributed by atoms with Crippen molar-refractivity contribution >= 4 is 28.3 Å². The Labute approximate surface area is 97.6 Å². The van der Waals surface area contributed by atoms with Gasteiger partial charge in [-0.1, -0.05) is 15.9 Å². The van der Waals surface area contributed by atoms with Gasteiger partial charge in [-0.05, 0) is 37.6 Å². The summed E-state index contributed by atoms with van der Waals surface area (Å²) in [6.45, 7) is 2.92. The minimum Gasteiger partial charge on any atom is -0.310 e. The topological polar surface area (TPSA) is 12.0 Å². The number of nitrogens with one attached hydrogen (secondary N) is 1. The van der Waals surface area contributed by atoms with E-state index in [2.05, 4.69) is 21.2 Å². The molecule has 0 bridgehead atoms. The third-order valence-corrected chi connectivity index (χ3v) is 3.25. The lowest BCUT2D eigenvalue weighted by Crippen LogP contribution is -2.29. The first kappa shape index (κ1) is 12.0. The van der Waals surface area contributed by atoms with E-state index in [0.29, 0.717) is 0 Å². The Hall–Kier alpha value is -0.120. The summed E-state index contributed by atoms with van der Waals surface area (Å²) in [5, 5.41) is 3.25. The molecule has 1 aromatic rings. The average Bonchev–Trinajstić information content (AvgIpc) is 2.12. The first-order valence-electron chi connectivity index (χ1n) is 4.40. The summed E-state index contributed by atoms with van der Waals surface area (Å²) in [6.07, 6.45) is 0.901. The van der Waals surface area contributed by atoms with Crippen LogP contribution in [0.1, 0.15) is 24.1 Å². The molecule has 1 aliphatic heterocycles. The second-order valence-electron chi connectivity index (χ2n) is 3.35. The summed E-state index contributed by atoms with van der Waals surface area (Å²) >= 11 is 3.45. The van der Waals surface area contributed by atoms with Crippen molar-refractivity contribution in [1.82, 2.24) is 5.32 Å². The highest BCUT2D eigenvalue weighted by atomic mass is 79.9. The third kappa shape index (κ3) is 1.95. The maximum atomic E-state index is 13.4. The summed E-state index contributed by atoms with van der Waals surface area (Å²) in [6, 6.07) is 3.43. The van der Waals surface area contributed by atoms with E-state index in [1.165, 1.54) is 6.07 Å². The van der Waals surface area contributed by atoms with Crippen molar-refractivity contribution in [3.05, 3.63) is 33.5 Å². The lowest BCUT2D eigenvalue weighted by Gasteiger charge is -2.25. The summed E-state index contributed by atoms with van der Waals surface area (Å²) in [7, 11) is 0. The zero-order chi connectivity index (χ0) is 9.42. The van der Waals surface area contributed by atoms with Gasteiger partial charge in [0.1, 0.15) is 5.82 Å². The van der Waals surface area contributed by atoms with E-state index < -0.39 is 0 Å². The standard InChI is InChI=1S/C10H11BrFN.ClH/c1-6-10-7(4-5-13-6)8(11)2-3-9(10)12;/h2-3,6,13H,4-5H2,1H3;1H. The van der Waals surface area contributed by atoms with Crippen LogP contribution in [0.2, 0.25) is 0 Å². The molecule has 0 amide bonds. The van der Waals surface area contributed by atoms with Gasteiger partial charge in [-0.3, -0.25) is 0 Å². The van der Waals surface area contributed by atoms with E-state index in [1.54, 1.807) is 6.07 Å². The fourth-order valence-electron chi connectivity index (χ4n) is 1.85. The minimum atomic E-state index is -0.0992. The molecule has 4 heteroatoms. The van der Waals surface area contributed by atoms with Gasteiger partial charge in [0.15, 0.2) is 0 Å². The second kappa shape index (κ2) is 4.60. The van der Waals surface area contributed by atoms with E-state index in [4.69, 9.17) is 0 Å². The highest BCUT2D eigenvalue weighted by molar-refractivity contribution is 9.10. The van der Waals surface area contributed by atoms with E-state index in [9.17, 15) is 4.39 Å². The molecule has 0 radical (unpaired) electrons. The van der Waals surface area contributed by atoms with Crippen molar-refractivity contribution in [1.29, 1.82) is 0 Å². The number of halogens is 3. The summed E-state index contributed by atoms with van der Waals surface area (Å²) in [5.41, 5.74) is 1.94. The zero-order valence-electron chi connectivity index (χ0n) is 7.81. The van der Waals surface area contributed by atoms with Crippen LogP contribution < -0.4 is 5.32 Å². The van der Waals surface area contributed by atoms with E-state index >= 15 is 0 Å². The van der Waals surface area contributed by atoms with Crippen molar-refractivity contribution < 1.29 is 4.39 Å². The van der Waals surface area contributed by atoms with Crippen molar-refractivity contribution in [3.63, 3.8) is 0 Å². The zero-order valence-corrected chi connectivity index (χ0v) is 10.2. The Kier molecular flexibility index (Phi) is 3.93. The van der Waals surface area contributed by atoms with Crippen LogP contribution >= 0.6 is 28.3 Å². The average molecular weight is 281 g/mol. The van der Waals surface area contributed by atoms with Gasteiger partial charge in [0.25, 0.3) is 0 Å². The van der Waals surface area contributed by atoms with Gasteiger partial charge in [-0.2, -0.15) is 0 Å². The number of hydrogen-bond acceptors (Lipinski definition) is 1. The van der Waals surface area contributed by atoms with Crippen LogP contribution in [-0.4, -0.2) is 6.54 Å². The maximum Gasteiger partial charge on any atom is 0.128 e. The van der Waals surface area contributed by atoms with E-state index in [0.717, 1.165) is 28.6 Å². The van der Waals surface area contributed by atoms with Crippen molar-refractivity contribution in [2.45, 2.75) is 19.4 Å². The molecule has 1 N–H and O–H groups in total.